The van der Waals surface area contributed by atoms with E-state index in [-0.39, 0.29) is 11.9 Å². The Hall–Kier alpha value is -2.20. The Bertz CT molecular complexity index is 731. The Morgan fingerprint density at radius 2 is 1.79 bits per heavy atom. The van der Waals surface area contributed by atoms with Crippen LogP contribution in [0.2, 0.25) is 0 Å². The van der Waals surface area contributed by atoms with E-state index in [1.165, 1.54) is 5.56 Å². The van der Waals surface area contributed by atoms with Crippen LogP contribution >= 0.6 is 0 Å². The van der Waals surface area contributed by atoms with Crippen LogP contribution in [0.25, 0.3) is 0 Å². The van der Waals surface area contributed by atoms with E-state index in [2.05, 4.69) is 45.5 Å². The first-order valence-electron chi connectivity index (χ1n) is 10.4. The van der Waals surface area contributed by atoms with Crippen LogP contribution in [0.5, 0.6) is 0 Å². The Kier molecular flexibility index (Phi) is 6.84. The maximum absolute atomic E-state index is 12.7. The van der Waals surface area contributed by atoms with Crippen molar-refractivity contribution >= 4 is 5.91 Å². The number of hydrogen-bond acceptors (Lipinski definition) is 3. The molecule has 3 rings (SSSR count). The molecule has 1 amide bonds. The molecule has 4 nitrogen and oxygen atoms in total. The van der Waals surface area contributed by atoms with Gasteiger partial charge in [-0.05, 0) is 56.0 Å². The van der Waals surface area contributed by atoms with Crippen molar-refractivity contribution in [3.8, 4) is 0 Å². The average molecular weight is 380 g/mol. The third-order valence-electron chi connectivity index (χ3n) is 5.64. The minimum Gasteiger partial charge on any atom is -0.347 e. The van der Waals surface area contributed by atoms with Gasteiger partial charge >= 0.3 is 0 Å². The molecule has 1 atom stereocenters. The van der Waals surface area contributed by atoms with Crippen LogP contribution in [-0.4, -0.2) is 35.4 Å². The van der Waals surface area contributed by atoms with Crippen LogP contribution in [-0.2, 0) is 11.2 Å². The molecule has 2 heterocycles. The lowest BCUT2D eigenvalue weighted by molar-refractivity contribution is -0.129. The molecule has 0 unspecified atom stereocenters. The molecule has 1 fully saturated rings. The highest BCUT2D eigenvalue weighted by Crippen LogP contribution is 2.31. The summed E-state index contributed by atoms with van der Waals surface area (Å²) in [6.07, 6.45) is 5.08. The number of hydrogen-bond donors (Lipinski definition) is 1. The number of rotatable bonds is 6. The molecular weight excluding hydrogens is 346 g/mol. The van der Waals surface area contributed by atoms with Gasteiger partial charge in [-0.15, -0.1) is 0 Å². The quantitative estimate of drug-likeness (QED) is 0.816. The van der Waals surface area contributed by atoms with Gasteiger partial charge in [0.05, 0.1) is 11.7 Å². The number of carbonyl (C=O) groups excluding carboxylic acids is 1. The first kappa shape index (κ1) is 20.5. The highest BCUT2D eigenvalue weighted by molar-refractivity contribution is 5.81. The van der Waals surface area contributed by atoms with Gasteiger partial charge in [-0.3, -0.25) is 9.78 Å². The summed E-state index contributed by atoms with van der Waals surface area (Å²) in [4.78, 5) is 19.8. The average Bonchev–Trinajstić information content (AvgIpc) is 2.71. The number of pyridine rings is 1. The van der Waals surface area contributed by atoms with Crippen molar-refractivity contribution in [3.63, 3.8) is 0 Å². The van der Waals surface area contributed by atoms with Gasteiger partial charge in [-0.2, -0.15) is 0 Å². The largest absolute Gasteiger partial charge is 0.347 e. The number of aromatic nitrogens is 1. The predicted octanol–water partition coefficient (Wildman–Crippen LogP) is 4.24. The van der Waals surface area contributed by atoms with Crippen molar-refractivity contribution in [2.75, 3.05) is 19.6 Å². The monoisotopic (exact) mass is 379 g/mol. The lowest BCUT2D eigenvalue weighted by Crippen LogP contribution is -2.44. The number of amides is 1. The van der Waals surface area contributed by atoms with E-state index in [1.54, 1.807) is 0 Å². The topological polar surface area (TPSA) is 45.2 Å². The molecule has 150 valence electrons. The fourth-order valence-electron chi connectivity index (χ4n) is 3.79. The number of carbonyl (C=O) groups is 1. The second kappa shape index (κ2) is 9.33. The van der Waals surface area contributed by atoms with Gasteiger partial charge in [0, 0.05) is 18.2 Å². The highest BCUT2D eigenvalue weighted by atomic mass is 16.2. The summed E-state index contributed by atoms with van der Waals surface area (Å²) in [5.41, 5.74) is 1.97. The standard InChI is InChI=1S/C24H33N3O/c1-24(2,3)23(28)26-22(21-11-7-8-15-25-21)20-13-17-27(18-14-20)16-12-19-9-5-4-6-10-19/h4-11,15,20,22H,12-14,16-18H2,1-3H3,(H,26,28)/t22-/m1/s1. The first-order chi connectivity index (χ1) is 13.4. The Morgan fingerprint density at radius 3 is 2.39 bits per heavy atom. The molecule has 0 aliphatic carbocycles. The van der Waals surface area contributed by atoms with Gasteiger partial charge in [0.25, 0.3) is 0 Å². The zero-order chi connectivity index (χ0) is 20.0. The summed E-state index contributed by atoms with van der Waals surface area (Å²) in [6.45, 7) is 9.13. The Labute approximate surface area is 169 Å². The molecule has 2 aromatic rings. The number of piperidine rings is 1. The molecular formula is C24H33N3O. The molecule has 1 aromatic heterocycles. The molecule has 28 heavy (non-hydrogen) atoms. The molecule has 1 saturated heterocycles. The van der Waals surface area contributed by atoms with Gasteiger partial charge in [0.15, 0.2) is 0 Å². The minimum absolute atomic E-state index is 0.0100. The smallest absolute Gasteiger partial charge is 0.225 e. The molecule has 0 bridgehead atoms. The fraction of sp³-hybridized carbons (Fsp3) is 0.500. The lowest BCUT2D eigenvalue weighted by Gasteiger charge is -2.37. The third kappa shape index (κ3) is 5.65. The second-order valence-electron chi connectivity index (χ2n) is 8.87. The second-order valence-corrected chi connectivity index (χ2v) is 8.87. The van der Waals surface area contributed by atoms with Crippen LogP contribution in [0.15, 0.2) is 54.7 Å². The van der Waals surface area contributed by atoms with Gasteiger partial charge in [-0.1, -0.05) is 57.2 Å². The normalized spacial score (nSPS) is 17.2. The van der Waals surface area contributed by atoms with E-state index in [0.29, 0.717) is 5.92 Å². The lowest BCUT2D eigenvalue weighted by atomic mass is 9.85. The van der Waals surface area contributed by atoms with Crippen LogP contribution in [0.3, 0.4) is 0 Å². The zero-order valence-corrected chi connectivity index (χ0v) is 17.4. The van der Waals surface area contributed by atoms with E-state index < -0.39 is 5.41 Å². The van der Waals surface area contributed by atoms with Gasteiger partial charge < -0.3 is 10.2 Å². The SMILES string of the molecule is CC(C)(C)C(=O)N[C@@H](c1ccccn1)C1CCN(CCc2ccccc2)CC1. The molecule has 0 saturated carbocycles. The number of benzene rings is 1. The summed E-state index contributed by atoms with van der Waals surface area (Å²) in [5.74, 6) is 0.517. The minimum atomic E-state index is -0.399. The van der Waals surface area contributed by atoms with Crippen molar-refractivity contribution in [2.24, 2.45) is 11.3 Å². The van der Waals surface area contributed by atoms with Crippen molar-refractivity contribution in [1.82, 2.24) is 15.2 Å². The van der Waals surface area contributed by atoms with Gasteiger partial charge in [0.1, 0.15) is 0 Å². The first-order valence-corrected chi connectivity index (χ1v) is 10.4. The number of likely N-dealkylation sites (tertiary alicyclic amines) is 1. The van der Waals surface area contributed by atoms with E-state index in [1.807, 2.05) is 45.2 Å². The predicted molar refractivity (Wildman–Crippen MR) is 114 cm³/mol. The van der Waals surface area contributed by atoms with Crippen molar-refractivity contribution in [1.29, 1.82) is 0 Å². The molecule has 1 N–H and O–H groups in total. The summed E-state index contributed by atoms with van der Waals surface area (Å²) >= 11 is 0. The van der Waals surface area contributed by atoms with Gasteiger partial charge in [-0.25, -0.2) is 0 Å². The summed E-state index contributed by atoms with van der Waals surface area (Å²) < 4.78 is 0. The van der Waals surface area contributed by atoms with Crippen molar-refractivity contribution in [3.05, 3.63) is 66.0 Å². The van der Waals surface area contributed by atoms with Crippen molar-refractivity contribution in [2.45, 2.75) is 46.1 Å². The molecule has 4 heteroatoms. The molecule has 1 aliphatic rings. The number of nitrogens with one attached hydrogen (secondary N) is 1. The van der Waals surface area contributed by atoms with Crippen LogP contribution in [0.1, 0.15) is 50.9 Å². The Balaban J connectivity index is 1.60. The highest BCUT2D eigenvalue weighted by Gasteiger charge is 2.32. The maximum Gasteiger partial charge on any atom is 0.225 e. The summed E-state index contributed by atoms with van der Waals surface area (Å²) in [7, 11) is 0. The molecule has 1 aromatic carbocycles. The molecule has 0 radical (unpaired) electrons. The summed E-state index contributed by atoms with van der Waals surface area (Å²) in [5, 5.41) is 3.30. The van der Waals surface area contributed by atoms with Crippen LogP contribution in [0, 0.1) is 11.3 Å². The Morgan fingerprint density at radius 1 is 1.11 bits per heavy atom. The van der Waals surface area contributed by atoms with E-state index in [0.717, 1.165) is 44.6 Å². The van der Waals surface area contributed by atoms with E-state index >= 15 is 0 Å². The van der Waals surface area contributed by atoms with Crippen LogP contribution in [0.4, 0.5) is 0 Å². The van der Waals surface area contributed by atoms with E-state index in [9.17, 15) is 4.79 Å². The maximum atomic E-state index is 12.7. The summed E-state index contributed by atoms with van der Waals surface area (Å²) in [6, 6.07) is 16.6. The fourth-order valence-corrected chi connectivity index (χ4v) is 3.79. The van der Waals surface area contributed by atoms with Crippen LogP contribution < -0.4 is 5.32 Å². The van der Waals surface area contributed by atoms with E-state index in [4.69, 9.17) is 0 Å². The number of nitrogens with zero attached hydrogens (tertiary/aromatic N) is 2. The van der Waals surface area contributed by atoms with Crippen molar-refractivity contribution < 1.29 is 4.79 Å². The molecule has 1 aliphatic heterocycles. The van der Waals surface area contributed by atoms with Gasteiger partial charge in [0.2, 0.25) is 5.91 Å². The zero-order valence-electron chi connectivity index (χ0n) is 17.4. The molecule has 0 spiro atoms. The third-order valence-corrected chi connectivity index (χ3v) is 5.64.